The van der Waals surface area contributed by atoms with E-state index < -0.39 is 15.2 Å². The lowest BCUT2D eigenvalue weighted by Gasteiger charge is -2.40. The minimum absolute atomic E-state index is 1.21. The summed E-state index contributed by atoms with van der Waals surface area (Å²) in [6.45, 7) is 14.2. The summed E-state index contributed by atoms with van der Waals surface area (Å²) in [6.07, 6.45) is 0. The summed E-state index contributed by atoms with van der Waals surface area (Å²) in [5.41, 5.74) is 0. The van der Waals surface area contributed by atoms with Crippen LogP contribution in [-0.2, 0) is 0 Å². The van der Waals surface area contributed by atoms with Crippen molar-refractivity contribution in [3.63, 3.8) is 0 Å². The summed E-state index contributed by atoms with van der Waals surface area (Å²) >= 11 is 3.73. The smallest absolute Gasteiger partial charge is 0.106 e. The molecule has 3 rings (SSSR count). The fourth-order valence-electron chi connectivity index (χ4n) is 2.60. The summed E-state index contributed by atoms with van der Waals surface area (Å²) < 4.78 is 0. The molecule has 0 aromatic carbocycles. The second kappa shape index (κ2) is 3.62. The van der Waals surface area contributed by atoms with Gasteiger partial charge in [0.25, 0.3) is 0 Å². The number of fused-ring (bicyclic) bond motifs is 3. The number of hydrogen-bond acceptors (Lipinski definition) is 4. The molecule has 0 saturated carbocycles. The largest absolute Gasteiger partial charge is 0.251 e. The number of hydrogen-bond donors (Lipinski definition) is 0. The van der Waals surface area contributed by atoms with Crippen LogP contribution in [-0.4, -0.2) is 25.2 Å². The average molecular weight is 311 g/mol. The molecule has 0 spiro atoms. The van der Waals surface area contributed by atoms with Gasteiger partial charge in [-0.3, -0.25) is 9.97 Å². The van der Waals surface area contributed by atoms with Crippen molar-refractivity contribution >= 4 is 48.5 Å². The Morgan fingerprint density at radius 2 is 1.06 bits per heavy atom. The van der Waals surface area contributed by atoms with E-state index >= 15 is 0 Å². The van der Waals surface area contributed by atoms with Crippen LogP contribution in [0.1, 0.15) is 10.0 Å². The van der Waals surface area contributed by atoms with Gasteiger partial charge in [0.2, 0.25) is 0 Å². The maximum atomic E-state index is 4.90. The van der Waals surface area contributed by atoms with Crippen LogP contribution < -0.4 is 10.6 Å². The average Bonchev–Trinajstić information content (AvgIpc) is 2.80. The Hall–Kier alpha value is -0.306. The van der Waals surface area contributed by atoms with Crippen LogP contribution in [0.4, 0.5) is 0 Å². The van der Waals surface area contributed by atoms with Gasteiger partial charge in [-0.1, -0.05) is 26.2 Å². The zero-order valence-corrected chi connectivity index (χ0v) is 15.3. The van der Waals surface area contributed by atoms with Gasteiger partial charge in [-0.25, -0.2) is 0 Å². The molecule has 0 bridgehead atoms. The lowest BCUT2D eigenvalue weighted by atomic mass is 10.5. The molecule has 0 saturated heterocycles. The van der Waals surface area contributed by atoms with E-state index in [-0.39, 0.29) is 0 Å². The van der Waals surface area contributed by atoms with Gasteiger partial charge in [-0.15, -0.1) is 22.7 Å². The zero-order valence-electron chi connectivity index (χ0n) is 11.7. The second-order valence-electron chi connectivity index (χ2n) is 6.07. The number of aromatic nitrogens is 2. The Balaban J connectivity index is 2.42. The monoisotopic (exact) mass is 310 g/mol. The summed E-state index contributed by atoms with van der Waals surface area (Å²) in [5.74, 6) is 0. The van der Waals surface area contributed by atoms with E-state index in [9.17, 15) is 0 Å². The first-order valence-corrected chi connectivity index (χ1v) is 14.8. The molecule has 3 heterocycles. The maximum Gasteiger partial charge on any atom is 0.106 e. The molecule has 0 atom stereocenters. The van der Waals surface area contributed by atoms with Crippen molar-refractivity contribution in [2.24, 2.45) is 0 Å². The third kappa shape index (κ3) is 1.43. The van der Waals surface area contributed by atoms with E-state index in [0.29, 0.717) is 0 Å². The van der Waals surface area contributed by atoms with Gasteiger partial charge in [0.15, 0.2) is 0 Å². The fourth-order valence-corrected chi connectivity index (χ4v) is 15.2. The van der Waals surface area contributed by atoms with Gasteiger partial charge in [-0.05, 0) is 13.8 Å². The van der Waals surface area contributed by atoms with Crippen LogP contribution in [0.3, 0.4) is 0 Å². The molecule has 1 aliphatic heterocycles. The number of nitrogens with zero attached hydrogens (tertiary/aromatic N) is 2. The van der Waals surface area contributed by atoms with E-state index in [1.54, 1.807) is 0 Å². The summed E-state index contributed by atoms with van der Waals surface area (Å²) in [7, 11) is -2.95. The van der Waals surface area contributed by atoms with E-state index in [1.165, 1.54) is 30.4 Å². The number of aryl methyl sites for hydroxylation is 2. The minimum Gasteiger partial charge on any atom is -0.251 e. The highest BCUT2D eigenvalue weighted by Crippen LogP contribution is 2.38. The molecule has 0 fully saturated rings. The van der Waals surface area contributed by atoms with E-state index in [2.05, 4.69) is 40.0 Å². The first-order valence-electron chi connectivity index (χ1n) is 6.21. The summed E-state index contributed by atoms with van der Waals surface area (Å²) in [6, 6.07) is 0. The standard InChI is InChI=1S/C12H18N2S2Si2/c1-7-13-11-9(15-7)10-12(14-8(2)16-10)18(5,6)17(11,3)4/h1-6H3. The topological polar surface area (TPSA) is 25.8 Å². The van der Waals surface area contributed by atoms with Gasteiger partial charge in [0, 0.05) is 10.6 Å². The molecular weight excluding hydrogens is 292 g/mol. The Morgan fingerprint density at radius 3 is 1.39 bits per heavy atom. The molecule has 96 valence electrons. The lowest BCUT2D eigenvalue weighted by Crippen LogP contribution is -2.72. The van der Waals surface area contributed by atoms with Gasteiger partial charge >= 0.3 is 0 Å². The molecule has 0 aliphatic carbocycles. The van der Waals surface area contributed by atoms with Gasteiger partial charge in [-0.2, -0.15) is 0 Å². The molecular formula is C12H18N2S2Si2. The lowest BCUT2D eigenvalue weighted by molar-refractivity contribution is 1.31. The first-order chi connectivity index (χ1) is 8.25. The molecule has 2 aromatic rings. The van der Waals surface area contributed by atoms with Gasteiger partial charge in [0.05, 0.1) is 19.8 Å². The molecule has 2 aromatic heterocycles. The Morgan fingerprint density at radius 1 is 0.722 bits per heavy atom. The first kappa shape index (κ1) is 12.7. The Kier molecular flexibility index (Phi) is 2.56. The molecule has 2 nitrogen and oxygen atoms in total. The van der Waals surface area contributed by atoms with Gasteiger partial charge < -0.3 is 0 Å². The third-order valence-corrected chi connectivity index (χ3v) is 23.9. The Bertz CT molecular complexity index is 584. The Labute approximate surface area is 118 Å². The summed E-state index contributed by atoms with van der Waals surface area (Å²) in [5, 5.41) is 5.34. The van der Waals surface area contributed by atoms with E-state index in [0.717, 1.165) is 0 Å². The van der Waals surface area contributed by atoms with Crippen molar-refractivity contribution < 1.29 is 0 Å². The SMILES string of the molecule is Cc1nc2c(s1)-c1sc(C)nc1[Si](C)(C)[Si]2(C)C. The third-order valence-electron chi connectivity index (χ3n) is 4.42. The highest BCUT2D eigenvalue weighted by Gasteiger charge is 2.53. The minimum atomic E-state index is -1.47. The van der Waals surface area contributed by atoms with Crippen LogP contribution in [0.5, 0.6) is 0 Å². The molecule has 6 heteroatoms. The molecule has 0 unspecified atom stereocenters. The zero-order chi connectivity index (χ0) is 13.3. The highest BCUT2D eigenvalue weighted by atomic mass is 32.1. The van der Waals surface area contributed by atoms with Gasteiger partial charge in [0.1, 0.15) is 15.2 Å². The van der Waals surface area contributed by atoms with Crippen LogP contribution in [0.25, 0.3) is 9.75 Å². The van der Waals surface area contributed by atoms with Crippen LogP contribution >= 0.6 is 22.7 Å². The van der Waals surface area contributed by atoms with Crippen molar-refractivity contribution in [1.29, 1.82) is 0 Å². The summed E-state index contributed by atoms with van der Waals surface area (Å²) in [4.78, 5) is 12.7. The van der Waals surface area contributed by atoms with Crippen molar-refractivity contribution in [2.45, 2.75) is 40.0 Å². The molecule has 1 aliphatic rings. The van der Waals surface area contributed by atoms with Crippen LogP contribution in [0, 0.1) is 13.8 Å². The number of thiazole rings is 2. The molecule has 0 N–H and O–H groups in total. The van der Waals surface area contributed by atoms with E-state index in [4.69, 9.17) is 9.97 Å². The van der Waals surface area contributed by atoms with E-state index in [1.807, 2.05) is 22.7 Å². The maximum absolute atomic E-state index is 4.90. The molecule has 0 radical (unpaired) electrons. The van der Waals surface area contributed by atoms with Crippen LogP contribution in [0.15, 0.2) is 0 Å². The van der Waals surface area contributed by atoms with Crippen molar-refractivity contribution in [1.82, 2.24) is 9.97 Å². The fraction of sp³-hybridized carbons (Fsp3) is 0.500. The predicted molar refractivity (Wildman–Crippen MR) is 86.9 cm³/mol. The molecule has 18 heavy (non-hydrogen) atoms. The normalized spacial score (nSPS) is 19.4. The number of rotatable bonds is 0. The van der Waals surface area contributed by atoms with Crippen molar-refractivity contribution in [2.75, 3.05) is 0 Å². The van der Waals surface area contributed by atoms with Crippen LogP contribution in [0.2, 0.25) is 26.2 Å². The van der Waals surface area contributed by atoms with Crippen molar-refractivity contribution in [3.05, 3.63) is 10.0 Å². The molecule has 0 amide bonds. The quantitative estimate of drug-likeness (QED) is 0.699. The van der Waals surface area contributed by atoms with Crippen molar-refractivity contribution in [3.8, 4) is 9.75 Å². The highest BCUT2D eigenvalue weighted by molar-refractivity contribution is 7.52. The second-order valence-corrected chi connectivity index (χ2v) is 23.4. The predicted octanol–water partition coefficient (Wildman–Crippen LogP) is 2.81.